The van der Waals surface area contributed by atoms with Gasteiger partial charge in [0.2, 0.25) is 0 Å². The number of aromatic amines is 1. The summed E-state index contributed by atoms with van der Waals surface area (Å²) in [6.07, 6.45) is 19.6. The maximum atomic E-state index is 13.2. The number of rotatable bonds is 13. The Hall–Kier alpha value is -6.14. The zero-order chi connectivity index (χ0) is 42.8. The molecule has 3 fully saturated rings. The van der Waals surface area contributed by atoms with Gasteiger partial charge in [-0.15, -0.1) is 0 Å². The Balaban J connectivity index is 0.000000131. The fourth-order valence-corrected chi connectivity index (χ4v) is 7.77. The van der Waals surface area contributed by atoms with Gasteiger partial charge in [-0.3, -0.25) is 32.5 Å². The number of aromatic nitrogens is 12. The van der Waals surface area contributed by atoms with Crippen molar-refractivity contribution < 1.29 is 18.6 Å². The van der Waals surface area contributed by atoms with Crippen molar-refractivity contribution in [2.45, 2.75) is 103 Å². The van der Waals surface area contributed by atoms with Crippen LogP contribution in [0.15, 0.2) is 83.2 Å². The van der Waals surface area contributed by atoms with Gasteiger partial charge in [0.25, 0.3) is 0 Å². The second-order valence-corrected chi connectivity index (χ2v) is 15.6. The lowest BCUT2D eigenvalue weighted by molar-refractivity contribution is 0.198. The predicted octanol–water partition coefficient (Wildman–Crippen LogP) is 6.61. The number of H-pyrrole nitrogens is 1. The lowest BCUT2D eigenvalue weighted by Gasteiger charge is -2.09. The highest BCUT2D eigenvalue weighted by atomic mass is 19.1. The Kier molecular flexibility index (Phi) is 13.8. The van der Waals surface area contributed by atoms with Crippen LogP contribution in [0.2, 0.25) is 0 Å². The number of pyridine rings is 4. The lowest BCUT2D eigenvalue weighted by atomic mass is 10.3. The minimum atomic E-state index is -0.333. The van der Waals surface area contributed by atoms with Crippen molar-refractivity contribution in [3.05, 3.63) is 106 Å². The summed E-state index contributed by atoms with van der Waals surface area (Å²) in [7, 11) is 0. The average Bonchev–Trinajstić information content (AvgIpc) is 4.07. The number of ether oxygens (including phenoxy) is 1. The molecule has 16 nitrogen and oxygen atoms in total. The van der Waals surface area contributed by atoms with Gasteiger partial charge < -0.3 is 24.0 Å². The molecule has 3 aliphatic rings. The van der Waals surface area contributed by atoms with Crippen molar-refractivity contribution in [1.82, 2.24) is 57.7 Å². The molecule has 0 spiro atoms. The first-order valence-corrected chi connectivity index (χ1v) is 21.5. The molecule has 2 N–H and O–H groups in total. The SMILES string of the molecule is C1CCOC1.O=c1[nH]c2cnccc2n1C1CC1.O=c1n(Cc2nc3ncccc3n2CCCCF)c2cnccc2n1C1CC1.OCc1nc2ncccc2n1CCCCF. The third-order valence-corrected chi connectivity index (χ3v) is 11.1. The molecule has 11 rings (SSSR count). The highest BCUT2D eigenvalue weighted by Crippen LogP contribution is 2.36. The van der Waals surface area contributed by atoms with Gasteiger partial charge in [0.15, 0.2) is 11.3 Å². The second kappa shape index (κ2) is 20.2. The molecule has 8 aromatic heterocycles. The third-order valence-electron chi connectivity index (χ3n) is 11.1. The summed E-state index contributed by atoms with van der Waals surface area (Å²) in [6, 6.07) is 12.1. The van der Waals surface area contributed by atoms with E-state index in [0.29, 0.717) is 62.1 Å². The summed E-state index contributed by atoms with van der Waals surface area (Å²) in [5.41, 5.74) is 6.59. The normalized spacial score (nSPS) is 14.8. The van der Waals surface area contributed by atoms with Crippen molar-refractivity contribution in [2.24, 2.45) is 0 Å². The highest BCUT2D eigenvalue weighted by molar-refractivity contribution is 5.76. The van der Waals surface area contributed by atoms with Crippen LogP contribution in [-0.2, 0) is 31.0 Å². The molecule has 62 heavy (non-hydrogen) atoms. The molecule has 1 saturated heterocycles. The zero-order valence-corrected chi connectivity index (χ0v) is 34.7. The van der Waals surface area contributed by atoms with Crippen LogP contribution < -0.4 is 11.4 Å². The number of aliphatic hydroxyl groups is 1. The molecular formula is C44H52F2N12O4. The van der Waals surface area contributed by atoms with Crippen LogP contribution in [0.25, 0.3) is 44.4 Å². The van der Waals surface area contributed by atoms with Crippen LogP contribution in [0.3, 0.4) is 0 Å². The number of alkyl halides is 2. The fraction of sp³-hybridized carbons (Fsp3) is 0.455. The van der Waals surface area contributed by atoms with Gasteiger partial charge in [0.1, 0.15) is 18.3 Å². The topological polar surface area (TPSA) is 181 Å². The van der Waals surface area contributed by atoms with E-state index >= 15 is 0 Å². The number of aryl methyl sites for hydroxylation is 2. The Labute approximate surface area is 355 Å². The van der Waals surface area contributed by atoms with Crippen LogP contribution >= 0.6 is 0 Å². The van der Waals surface area contributed by atoms with E-state index in [4.69, 9.17) is 4.74 Å². The van der Waals surface area contributed by atoms with Gasteiger partial charge in [-0.2, -0.15) is 0 Å². The van der Waals surface area contributed by atoms with E-state index in [1.807, 2.05) is 50.1 Å². The van der Waals surface area contributed by atoms with E-state index in [9.17, 15) is 23.5 Å². The highest BCUT2D eigenvalue weighted by Gasteiger charge is 2.30. The van der Waals surface area contributed by atoms with Gasteiger partial charge in [-0.25, -0.2) is 29.5 Å². The van der Waals surface area contributed by atoms with Gasteiger partial charge in [0.05, 0.1) is 65.4 Å². The second-order valence-electron chi connectivity index (χ2n) is 15.6. The van der Waals surface area contributed by atoms with Gasteiger partial charge in [-0.1, -0.05) is 0 Å². The maximum Gasteiger partial charge on any atom is 0.329 e. The standard InChI is InChI=1S/C20H21FN6O.C11H14FN3O.C9H9N3O.C4H8O/c21-8-1-2-11-25-16-4-3-9-23-19(16)24-18(25)13-26-17-12-22-10-7-15(17)27(20(26)28)14-5-6-14;12-5-1-2-7-15-9-4-3-6-13-11(9)14-10(15)8-16;13-9-11-7-5-10-4-3-8(7)12(9)6-1-2-6;1-2-4-5-3-1/h3-4,7,9-10,12,14H,1-2,5-6,8,11,13H2;3-4,6,16H,1-2,5,7-8H2;3-6H,1-2H2,(H,11,13);1-4H2. The number of imidazole rings is 4. The molecule has 9 heterocycles. The zero-order valence-electron chi connectivity index (χ0n) is 34.7. The number of nitrogens with one attached hydrogen (secondary N) is 1. The van der Waals surface area contributed by atoms with E-state index in [2.05, 4.69) is 39.5 Å². The summed E-state index contributed by atoms with van der Waals surface area (Å²) >= 11 is 0. The average molecular weight is 851 g/mol. The molecule has 0 radical (unpaired) electrons. The Morgan fingerprint density at radius 3 is 1.82 bits per heavy atom. The number of aliphatic hydroxyl groups excluding tert-OH is 1. The first kappa shape index (κ1) is 42.5. The molecule has 8 aromatic rings. The van der Waals surface area contributed by atoms with E-state index in [1.54, 1.807) is 41.7 Å². The molecule has 0 unspecified atom stereocenters. The molecular weight excluding hydrogens is 799 g/mol. The molecule has 18 heteroatoms. The first-order valence-electron chi connectivity index (χ1n) is 21.5. The van der Waals surface area contributed by atoms with Crippen LogP contribution in [0, 0.1) is 0 Å². The fourth-order valence-electron chi connectivity index (χ4n) is 7.77. The Bertz CT molecular complexity index is 2820. The monoisotopic (exact) mass is 850 g/mol. The molecule has 1 aliphatic heterocycles. The molecule has 0 bridgehead atoms. The summed E-state index contributed by atoms with van der Waals surface area (Å²) < 4.78 is 39.0. The quantitative estimate of drug-likeness (QED) is 0.120. The summed E-state index contributed by atoms with van der Waals surface area (Å²) in [5.74, 6) is 1.35. The number of fused-ring (bicyclic) bond motifs is 4. The van der Waals surface area contributed by atoms with E-state index in [-0.39, 0.29) is 37.4 Å². The molecule has 0 amide bonds. The molecule has 326 valence electrons. The van der Waals surface area contributed by atoms with E-state index in [0.717, 1.165) is 84.2 Å². The number of hydrogen-bond donors (Lipinski definition) is 2. The summed E-state index contributed by atoms with van der Waals surface area (Å²) in [5, 5.41) is 9.19. The largest absolute Gasteiger partial charge is 0.388 e. The molecule has 0 aromatic carbocycles. The van der Waals surface area contributed by atoms with Crippen molar-refractivity contribution >= 4 is 44.4 Å². The lowest BCUT2D eigenvalue weighted by Crippen LogP contribution is -2.25. The molecule has 2 aliphatic carbocycles. The van der Waals surface area contributed by atoms with Crippen LogP contribution in [0.5, 0.6) is 0 Å². The van der Waals surface area contributed by atoms with Crippen LogP contribution in [0.4, 0.5) is 8.78 Å². The Morgan fingerprint density at radius 1 is 0.661 bits per heavy atom. The van der Waals surface area contributed by atoms with E-state index in [1.165, 1.54) is 12.8 Å². The van der Waals surface area contributed by atoms with Crippen LogP contribution in [0.1, 0.15) is 87.9 Å². The van der Waals surface area contributed by atoms with Crippen molar-refractivity contribution in [1.29, 1.82) is 0 Å². The van der Waals surface area contributed by atoms with Crippen LogP contribution in [-0.4, -0.2) is 89.4 Å². The van der Waals surface area contributed by atoms with Crippen molar-refractivity contribution in [3.63, 3.8) is 0 Å². The molecule has 0 atom stereocenters. The number of nitrogens with zero attached hydrogens (tertiary/aromatic N) is 11. The Morgan fingerprint density at radius 2 is 1.24 bits per heavy atom. The first-order chi connectivity index (χ1) is 30.5. The minimum Gasteiger partial charge on any atom is -0.388 e. The van der Waals surface area contributed by atoms with Gasteiger partial charge in [-0.05, 0) is 101 Å². The van der Waals surface area contributed by atoms with Gasteiger partial charge >= 0.3 is 11.4 Å². The maximum absolute atomic E-state index is 13.2. The van der Waals surface area contributed by atoms with E-state index < -0.39 is 0 Å². The minimum absolute atomic E-state index is 0.00880. The smallest absolute Gasteiger partial charge is 0.329 e. The molecule has 2 saturated carbocycles. The van der Waals surface area contributed by atoms with Crippen molar-refractivity contribution in [2.75, 3.05) is 26.6 Å². The van der Waals surface area contributed by atoms with Crippen molar-refractivity contribution in [3.8, 4) is 0 Å². The number of halogens is 2. The third kappa shape index (κ3) is 9.65. The number of hydrogen-bond acceptors (Lipinski definition) is 10. The summed E-state index contributed by atoms with van der Waals surface area (Å²) in [4.78, 5) is 53.0. The predicted molar refractivity (Wildman–Crippen MR) is 231 cm³/mol. The summed E-state index contributed by atoms with van der Waals surface area (Å²) in [6.45, 7) is 2.90. The number of unbranched alkanes of at least 4 members (excludes halogenated alkanes) is 2. The van der Waals surface area contributed by atoms with Gasteiger partial charge in [0, 0.05) is 63.2 Å².